The molecule has 1 unspecified atom stereocenters. The Morgan fingerprint density at radius 3 is 2.46 bits per heavy atom. The number of nitrogens with one attached hydrogen (secondary N) is 1. The Hall–Kier alpha value is -0.120. The van der Waals surface area contributed by atoms with E-state index in [-0.39, 0.29) is 12.1 Å². The van der Waals surface area contributed by atoms with Crippen molar-refractivity contribution in [2.45, 2.75) is 32.7 Å². The molecule has 0 radical (unpaired) electrons. The van der Waals surface area contributed by atoms with Crippen LogP contribution < -0.4 is 5.32 Å². The Balaban J connectivity index is 3.50. The summed E-state index contributed by atoms with van der Waals surface area (Å²) in [6.45, 7) is 7.73. The molecule has 80 valence electrons. The molecule has 0 aromatic heterocycles. The molecule has 0 aliphatic carbocycles. The van der Waals surface area contributed by atoms with Crippen molar-refractivity contribution in [3.63, 3.8) is 0 Å². The summed E-state index contributed by atoms with van der Waals surface area (Å²) in [6.07, 6.45) is 1.07. The summed E-state index contributed by atoms with van der Waals surface area (Å²) in [5, 5.41) is 12.1. The van der Waals surface area contributed by atoms with Crippen LogP contribution in [0.25, 0.3) is 0 Å². The fourth-order valence-electron chi connectivity index (χ4n) is 0.813. The van der Waals surface area contributed by atoms with Crippen molar-refractivity contribution in [2.24, 2.45) is 5.92 Å². The van der Waals surface area contributed by atoms with Gasteiger partial charge in [-0.1, -0.05) is 13.8 Å². The van der Waals surface area contributed by atoms with E-state index in [0.717, 1.165) is 13.0 Å². The third-order valence-electron chi connectivity index (χ3n) is 2.21. The fourth-order valence-corrected chi connectivity index (χ4v) is 0.813. The molecule has 0 spiro atoms. The van der Waals surface area contributed by atoms with Gasteiger partial charge in [0.15, 0.2) is 0 Å². The van der Waals surface area contributed by atoms with Gasteiger partial charge >= 0.3 is 0 Å². The van der Waals surface area contributed by atoms with Gasteiger partial charge in [-0.15, -0.1) is 0 Å². The quantitative estimate of drug-likeness (QED) is 0.588. The molecule has 0 bridgehead atoms. The van der Waals surface area contributed by atoms with Gasteiger partial charge in [-0.05, 0) is 26.3 Å². The van der Waals surface area contributed by atoms with Gasteiger partial charge < -0.3 is 15.2 Å². The number of ether oxygens (including phenoxy) is 1. The molecule has 0 aliphatic rings. The zero-order valence-electron chi connectivity index (χ0n) is 9.26. The van der Waals surface area contributed by atoms with Gasteiger partial charge in [0.05, 0.1) is 18.8 Å². The van der Waals surface area contributed by atoms with Crippen molar-refractivity contribution < 1.29 is 9.84 Å². The van der Waals surface area contributed by atoms with Crippen LogP contribution >= 0.6 is 0 Å². The first-order valence-electron chi connectivity index (χ1n) is 4.91. The third kappa shape index (κ3) is 6.02. The van der Waals surface area contributed by atoms with Gasteiger partial charge in [-0.3, -0.25) is 0 Å². The minimum atomic E-state index is -0.295. The summed E-state index contributed by atoms with van der Waals surface area (Å²) in [7, 11) is 1.84. The van der Waals surface area contributed by atoms with E-state index in [0.29, 0.717) is 12.5 Å². The smallest absolute Gasteiger partial charge is 0.0667 e. The molecular weight excluding hydrogens is 166 g/mol. The number of likely N-dealkylation sites (N-methyl/N-ethyl adjacent to an activating group) is 1. The highest BCUT2D eigenvalue weighted by Crippen LogP contribution is 2.04. The van der Waals surface area contributed by atoms with E-state index in [1.54, 1.807) is 0 Å². The van der Waals surface area contributed by atoms with Crippen LogP contribution in [0.4, 0.5) is 0 Å². The van der Waals surface area contributed by atoms with Crippen molar-refractivity contribution in [1.29, 1.82) is 0 Å². The highest BCUT2D eigenvalue weighted by atomic mass is 16.5. The monoisotopic (exact) mass is 189 g/mol. The first kappa shape index (κ1) is 12.9. The number of aliphatic hydroxyl groups is 1. The van der Waals surface area contributed by atoms with E-state index in [9.17, 15) is 0 Å². The molecule has 3 nitrogen and oxygen atoms in total. The van der Waals surface area contributed by atoms with Gasteiger partial charge in [0.2, 0.25) is 0 Å². The van der Waals surface area contributed by atoms with Crippen LogP contribution in [0.15, 0.2) is 0 Å². The predicted molar refractivity (Wildman–Crippen MR) is 54.8 cm³/mol. The molecule has 0 fully saturated rings. The predicted octanol–water partition coefficient (Wildman–Crippen LogP) is 1.02. The van der Waals surface area contributed by atoms with E-state index < -0.39 is 0 Å². The highest BCUT2D eigenvalue weighted by molar-refractivity contribution is 4.79. The fraction of sp³-hybridized carbons (Fsp3) is 1.00. The summed E-state index contributed by atoms with van der Waals surface area (Å²) in [6, 6.07) is 0. The maximum absolute atomic E-state index is 9.05. The molecule has 3 heteroatoms. The molecule has 0 amide bonds. The maximum atomic E-state index is 9.05. The Morgan fingerprint density at radius 2 is 2.08 bits per heavy atom. The minimum absolute atomic E-state index is 0.102. The summed E-state index contributed by atoms with van der Waals surface area (Å²) in [5.41, 5.74) is -0.295. The van der Waals surface area contributed by atoms with Crippen LogP contribution in [-0.2, 0) is 4.74 Å². The number of rotatable bonds is 7. The van der Waals surface area contributed by atoms with E-state index >= 15 is 0 Å². The van der Waals surface area contributed by atoms with Crippen LogP contribution in [0.3, 0.4) is 0 Å². The van der Waals surface area contributed by atoms with Crippen molar-refractivity contribution in [3.05, 3.63) is 0 Å². The summed E-state index contributed by atoms with van der Waals surface area (Å²) < 4.78 is 5.47. The second kappa shape index (κ2) is 6.35. The van der Waals surface area contributed by atoms with Crippen LogP contribution in [0.5, 0.6) is 0 Å². The topological polar surface area (TPSA) is 41.5 Å². The van der Waals surface area contributed by atoms with Crippen LogP contribution in [-0.4, -0.2) is 37.5 Å². The SMILES string of the molecule is CNC(C)(CO)COCCC(C)C. The molecular formula is C10H23NO2. The summed E-state index contributed by atoms with van der Waals surface area (Å²) in [5.74, 6) is 0.676. The van der Waals surface area contributed by atoms with E-state index in [4.69, 9.17) is 9.84 Å². The highest BCUT2D eigenvalue weighted by Gasteiger charge is 2.20. The van der Waals surface area contributed by atoms with Crippen LogP contribution in [0, 0.1) is 5.92 Å². The van der Waals surface area contributed by atoms with Crippen LogP contribution in [0.2, 0.25) is 0 Å². The molecule has 2 N–H and O–H groups in total. The Bertz CT molecular complexity index is 122. The standard InChI is InChI=1S/C10H23NO2/c1-9(2)5-6-13-8-10(3,7-12)11-4/h9,11-12H,5-8H2,1-4H3. The molecule has 1 atom stereocenters. The Labute approximate surface area is 81.5 Å². The van der Waals surface area contributed by atoms with Gasteiger partial charge in [-0.25, -0.2) is 0 Å². The van der Waals surface area contributed by atoms with Gasteiger partial charge in [0, 0.05) is 6.61 Å². The zero-order valence-corrected chi connectivity index (χ0v) is 9.26. The van der Waals surface area contributed by atoms with Crippen molar-refractivity contribution in [1.82, 2.24) is 5.32 Å². The summed E-state index contributed by atoms with van der Waals surface area (Å²) in [4.78, 5) is 0. The average molecular weight is 189 g/mol. The molecule has 0 saturated carbocycles. The van der Waals surface area contributed by atoms with Crippen molar-refractivity contribution >= 4 is 0 Å². The lowest BCUT2D eigenvalue weighted by molar-refractivity contribution is 0.0437. The normalized spacial score (nSPS) is 16.2. The van der Waals surface area contributed by atoms with Crippen molar-refractivity contribution in [3.8, 4) is 0 Å². The number of aliphatic hydroxyl groups excluding tert-OH is 1. The zero-order chi connectivity index (χ0) is 10.3. The molecule has 0 aromatic carbocycles. The van der Waals surface area contributed by atoms with Gasteiger partial charge in [0.1, 0.15) is 0 Å². The van der Waals surface area contributed by atoms with E-state index in [2.05, 4.69) is 19.2 Å². The minimum Gasteiger partial charge on any atom is -0.394 e. The van der Waals surface area contributed by atoms with Gasteiger partial charge in [0.25, 0.3) is 0 Å². The first-order chi connectivity index (χ1) is 6.04. The molecule has 0 rings (SSSR count). The lowest BCUT2D eigenvalue weighted by Crippen LogP contribution is -2.47. The summed E-state index contributed by atoms with van der Waals surface area (Å²) >= 11 is 0. The number of hydrogen-bond donors (Lipinski definition) is 2. The number of hydrogen-bond acceptors (Lipinski definition) is 3. The largest absolute Gasteiger partial charge is 0.394 e. The molecule has 0 aromatic rings. The van der Waals surface area contributed by atoms with Gasteiger partial charge in [-0.2, -0.15) is 0 Å². The van der Waals surface area contributed by atoms with Crippen molar-refractivity contribution in [2.75, 3.05) is 26.9 Å². The van der Waals surface area contributed by atoms with E-state index in [1.807, 2.05) is 14.0 Å². The molecule has 0 aliphatic heterocycles. The second-order valence-electron chi connectivity index (χ2n) is 4.20. The lowest BCUT2D eigenvalue weighted by Gasteiger charge is -2.26. The maximum Gasteiger partial charge on any atom is 0.0667 e. The van der Waals surface area contributed by atoms with E-state index in [1.165, 1.54) is 0 Å². The first-order valence-corrected chi connectivity index (χ1v) is 4.91. The molecule has 0 saturated heterocycles. The third-order valence-corrected chi connectivity index (χ3v) is 2.21. The Kier molecular flexibility index (Phi) is 6.29. The second-order valence-corrected chi connectivity index (χ2v) is 4.20. The Morgan fingerprint density at radius 1 is 1.46 bits per heavy atom. The molecule has 0 heterocycles. The van der Waals surface area contributed by atoms with Crippen LogP contribution in [0.1, 0.15) is 27.2 Å². The lowest BCUT2D eigenvalue weighted by atomic mass is 10.1. The molecule has 13 heavy (non-hydrogen) atoms. The average Bonchev–Trinajstić information content (AvgIpc) is 2.12.